The lowest BCUT2D eigenvalue weighted by Crippen LogP contribution is -2.33. The molecule has 0 bridgehead atoms. The molecule has 0 aromatic carbocycles. The summed E-state index contributed by atoms with van der Waals surface area (Å²) in [5.74, 6) is 0.443. The molecule has 4 rings (SSSR count). The SMILES string of the molecule is Cc1ccc(C(=O)N2C[C@H]3CN(Cc4cccs4)CCO[C@H]3C2)cn1. The summed E-state index contributed by atoms with van der Waals surface area (Å²) in [4.78, 5) is 22.8. The van der Waals surface area contributed by atoms with E-state index in [2.05, 4.69) is 27.4 Å². The minimum absolute atomic E-state index is 0.0639. The second kappa shape index (κ2) is 7.23. The van der Waals surface area contributed by atoms with Gasteiger partial charge in [-0.25, -0.2) is 0 Å². The third-order valence-electron chi connectivity index (χ3n) is 5.02. The highest BCUT2D eigenvalue weighted by molar-refractivity contribution is 7.09. The molecule has 2 saturated heterocycles. The zero-order valence-electron chi connectivity index (χ0n) is 14.4. The quantitative estimate of drug-likeness (QED) is 0.846. The van der Waals surface area contributed by atoms with Gasteiger partial charge in [-0.3, -0.25) is 14.7 Å². The van der Waals surface area contributed by atoms with Crippen LogP contribution in [0.4, 0.5) is 0 Å². The fourth-order valence-corrected chi connectivity index (χ4v) is 4.42. The second-order valence-corrected chi connectivity index (χ2v) is 7.91. The van der Waals surface area contributed by atoms with E-state index in [1.165, 1.54) is 4.88 Å². The Kier molecular flexibility index (Phi) is 4.83. The van der Waals surface area contributed by atoms with Crippen LogP contribution in [0.3, 0.4) is 0 Å². The van der Waals surface area contributed by atoms with E-state index in [4.69, 9.17) is 4.74 Å². The number of carbonyl (C=O) groups is 1. The maximum atomic E-state index is 12.7. The number of hydrogen-bond donors (Lipinski definition) is 0. The first-order valence-corrected chi connectivity index (χ1v) is 9.65. The Hall–Kier alpha value is -1.76. The summed E-state index contributed by atoms with van der Waals surface area (Å²) in [6.45, 7) is 7.03. The van der Waals surface area contributed by atoms with Gasteiger partial charge in [-0.15, -0.1) is 11.3 Å². The van der Waals surface area contributed by atoms with Crippen LogP contribution in [0.25, 0.3) is 0 Å². The van der Waals surface area contributed by atoms with Crippen LogP contribution in [0.2, 0.25) is 0 Å². The van der Waals surface area contributed by atoms with Crippen LogP contribution in [0.5, 0.6) is 0 Å². The predicted molar refractivity (Wildman–Crippen MR) is 97.7 cm³/mol. The molecule has 2 aromatic rings. The number of rotatable bonds is 3. The van der Waals surface area contributed by atoms with Crippen LogP contribution < -0.4 is 0 Å². The molecule has 2 aliphatic rings. The van der Waals surface area contributed by atoms with Crippen molar-refractivity contribution in [3.8, 4) is 0 Å². The lowest BCUT2D eigenvalue weighted by molar-refractivity contribution is 0.0483. The average molecular weight is 357 g/mol. The van der Waals surface area contributed by atoms with Crippen molar-refractivity contribution in [2.75, 3.05) is 32.8 Å². The summed E-state index contributed by atoms with van der Waals surface area (Å²) < 4.78 is 6.06. The van der Waals surface area contributed by atoms with Gasteiger partial charge in [-0.2, -0.15) is 0 Å². The van der Waals surface area contributed by atoms with Crippen molar-refractivity contribution in [1.82, 2.24) is 14.8 Å². The molecule has 1 amide bonds. The molecule has 0 spiro atoms. The highest BCUT2D eigenvalue weighted by atomic mass is 32.1. The van der Waals surface area contributed by atoms with Crippen molar-refractivity contribution >= 4 is 17.2 Å². The molecule has 6 heteroatoms. The highest BCUT2D eigenvalue weighted by Gasteiger charge is 2.38. The zero-order chi connectivity index (χ0) is 17.2. The molecular formula is C19H23N3O2S. The number of aryl methyl sites for hydroxylation is 1. The molecule has 132 valence electrons. The first-order chi connectivity index (χ1) is 12.2. The summed E-state index contributed by atoms with van der Waals surface area (Å²) in [5, 5.41) is 2.12. The Balaban J connectivity index is 1.41. The lowest BCUT2D eigenvalue weighted by atomic mass is 10.1. The van der Waals surface area contributed by atoms with E-state index in [1.54, 1.807) is 17.5 Å². The van der Waals surface area contributed by atoms with Crippen molar-refractivity contribution < 1.29 is 9.53 Å². The number of pyridine rings is 1. The van der Waals surface area contributed by atoms with Gasteiger partial charge in [0.1, 0.15) is 0 Å². The van der Waals surface area contributed by atoms with Gasteiger partial charge >= 0.3 is 0 Å². The first kappa shape index (κ1) is 16.7. The number of hydrogen-bond acceptors (Lipinski definition) is 5. The van der Waals surface area contributed by atoms with E-state index < -0.39 is 0 Å². The molecule has 2 fully saturated rings. The number of nitrogens with zero attached hydrogens (tertiary/aromatic N) is 3. The summed E-state index contributed by atoms with van der Waals surface area (Å²) in [5.41, 5.74) is 1.59. The Morgan fingerprint density at radius 3 is 3.00 bits per heavy atom. The van der Waals surface area contributed by atoms with Gasteiger partial charge < -0.3 is 9.64 Å². The third-order valence-corrected chi connectivity index (χ3v) is 5.88. The Labute approximate surface area is 152 Å². The van der Waals surface area contributed by atoms with Gasteiger partial charge in [-0.1, -0.05) is 6.07 Å². The second-order valence-electron chi connectivity index (χ2n) is 6.88. The molecule has 2 aliphatic heterocycles. The zero-order valence-corrected chi connectivity index (χ0v) is 15.2. The Morgan fingerprint density at radius 1 is 1.32 bits per heavy atom. The minimum atomic E-state index is 0.0639. The number of likely N-dealkylation sites (tertiary alicyclic amines) is 1. The number of amides is 1. The number of thiophene rings is 1. The van der Waals surface area contributed by atoms with Crippen LogP contribution in [-0.2, 0) is 11.3 Å². The van der Waals surface area contributed by atoms with Gasteiger partial charge in [0.15, 0.2) is 0 Å². The predicted octanol–water partition coefficient (Wildman–Crippen LogP) is 2.42. The number of carbonyl (C=O) groups excluding carboxylic acids is 1. The maximum Gasteiger partial charge on any atom is 0.255 e. The molecule has 0 saturated carbocycles. The van der Waals surface area contributed by atoms with Crippen LogP contribution in [0.15, 0.2) is 35.8 Å². The van der Waals surface area contributed by atoms with E-state index in [0.717, 1.165) is 38.5 Å². The van der Waals surface area contributed by atoms with E-state index in [0.29, 0.717) is 18.0 Å². The molecule has 0 aliphatic carbocycles. The van der Waals surface area contributed by atoms with Crippen LogP contribution in [0, 0.1) is 12.8 Å². The van der Waals surface area contributed by atoms with Crippen molar-refractivity contribution in [3.05, 3.63) is 52.0 Å². The molecule has 2 atom stereocenters. The van der Waals surface area contributed by atoms with Crippen LogP contribution in [0.1, 0.15) is 20.9 Å². The molecule has 5 nitrogen and oxygen atoms in total. The molecule has 0 unspecified atom stereocenters. The van der Waals surface area contributed by atoms with Crippen LogP contribution in [-0.4, -0.2) is 59.6 Å². The van der Waals surface area contributed by atoms with Crippen molar-refractivity contribution in [2.45, 2.75) is 19.6 Å². The number of fused-ring (bicyclic) bond motifs is 1. The molecule has 4 heterocycles. The number of ether oxygens (including phenoxy) is 1. The first-order valence-electron chi connectivity index (χ1n) is 8.77. The Morgan fingerprint density at radius 2 is 2.24 bits per heavy atom. The summed E-state index contributed by atoms with van der Waals surface area (Å²) in [7, 11) is 0. The van der Waals surface area contributed by atoms with Crippen molar-refractivity contribution in [3.63, 3.8) is 0 Å². The maximum absolute atomic E-state index is 12.7. The van der Waals surface area contributed by atoms with E-state index in [9.17, 15) is 4.79 Å². The van der Waals surface area contributed by atoms with Crippen molar-refractivity contribution in [1.29, 1.82) is 0 Å². The fourth-order valence-electron chi connectivity index (χ4n) is 3.67. The summed E-state index contributed by atoms with van der Waals surface area (Å²) >= 11 is 1.80. The number of aromatic nitrogens is 1. The minimum Gasteiger partial charge on any atom is -0.375 e. The molecule has 2 aromatic heterocycles. The molecule has 0 N–H and O–H groups in total. The molecular weight excluding hydrogens is 334 g/mol. The smallest absolute Gasteiger partial charge is 0.255 e. The van der Waals surface area contributed by atoms with E-state index in [1.807, 2.05) is 24.0 Å². The molecule has 0 radical (unpaired) electrons. The lowest BCUT2D eigenvalue weighted by Gasteiger charge is -2.22. The topological polar surface area (TPSA) is 45.7 Å². The fraction of sp³-hybridized carbons (Fsp3) is 0.474. The average Bonchev–Trinajstić information content (AvgIpc) is 3.22. The van der Waals surface area contributed by atoms with Crippen LogP contribution >= 0.6 is 11.3 Å². The van der Waals surface area contributed by atoms with Gasteiger partial charge in [0.25, 0.3) is 5.91 Å². The standard InChI is InChI=1S/C19H23N3O2S/c1-14-4-5-15(9-20-14)19(23)22-11-16-10-21(6-7-24-18(16)13-22)12-17-3-2-8-25-17/h2-5,8-9,16,18H,6-7,10-13H2,1H3/t16-,18+/m1/s1. The largest absolute Gasteiger partial charge is 0.375 e. The van der Waals surface area contributed by atoms with Crippen molar-refractivity contribution in [2.24, 2.45) is 5.92 Å². The normalized spacial score (nSPS) is 24.1. The van der Waals surface area contributed by atoms with E-state index in [-0.39, 0.29) is 12.0 Å². The highest BCUT2D eigenvalue weighted by Crippen LogP contribution is 2.26. The monoisotopic (exact) mass is 357 g/mol. The molecule has 25 heavy (non-hydrogen) atoms. The van der Waals surface area contributed by atoms with Gasteiger partial charge in [-0.05, 0) is 30.5 Å². The van der Waals surface area contributed by atoms with Gasteiger partial charge in [0, 0.05) is 55.4 Å². The third kappa shape index (κ3) is 3.76. The summed E-state index contributed by atoms with van der Waals surface area (Å²) in [6.07, 6.45) is 1.83. The summed E-state index contributed by atoms with van der Waals surface area (Å²) in [6, 6.07) is 8.04. The Bertz CT molecular complexity index is 717. The van der Waals surface area contributed by atoms with E-state index >= 15 is 0 Å². The van der Waals surface area contributed by atoms with Gasteiger partial charge in [0.05, 0.1) is 18.3 Å². The van der Waals surface area contributed by atoms with Gasteiger partial charge in [0.2, 0.25) is 0 Å².